The summed E-state index contributed by atoms with van der Waals surface area (Å²) in [6, 6.07) is 9.96. The molecule has 2 nitrogen and oxygen atoms in total. The Bertz CT molecular complexity index is 336. The second-order valence-corrected chi connectivity index (χ2v) is 5.52. The molecule has 0 bridgehead atoms. The van der Waals surface area contributed by atoms with Crippen LogP contribution in [-0.2, 0) is 17.6 Å². The molecule has 4 heteroatoms. The lowest BCUT2D eigenvalue weighted by atomic mass is 10.1. The predicted molar refractivity (Wildman–Crippen MR) is 68.9 cm³/mol. The first-order valence-electron chi connectivity index (χ1n) is 4.55. The lowest BCUT2D eigenvalue weighted by Gasteiger charge is -2.10. The fraction of sp³-hybridized carbons (Fsp3) is 0.273. The molecule has 0 aromatic heterocycles. The van der Waals surface area contributed by atoms with Gasteiger partial charge >= 0.3 is 0 Å². The van der Waals surface area contributed by atoms with E-state index < -0.39 is 11.2 Å². The SMILES string of the molecule is CS/C(=C(\N)Cc1ccccc1)[S+](C)[O-]. The largest absolute Gasteiger partial charge is 0.611 e. The van der Waals surface area contributed by atoms with Crippen LogP contribution in [0.4, 0.5) is 0 Å². The van der Waals surface area contributed by atoms with E-state index in [1.807, 2.05) is 36.6 Å². The number of benzene rings is 1. The van der Waals surface area contributed by atoms with Crippen LogP contribution in [0.2, 0.25) is 0 Å². The van der Waals surface area contributed by atoms with E-state index in [1.165, 1.54) is 11.8 Å². The molecule has 0 amide bonds. The van der Waals surface area contributed by atoms with Crippen molar-refractivity contribution in [2.24, 2.45) is 5.73 Å². The van der Waals surface area contributed by atoms with Gasteiger partial charge in [0.2, 0.25) is 4.24 Å². The lowest BCUT2D eigenvalue weighted by Crippen LogP contribution is -2.10. The maximum Gasteiger partial charge on any atom is 0.204 e. The Labute approximate surface area is 98.1 Å². The molecule has 1 unspecified atom stereocenters. The van der Waals surface area contributed by atoms with Crippen LogP contribution in [0.15, 0.2) is 40.3 Å². The minimum Gasteiger partial charge on any atom is -0.611 e. The molecule has 2 N–H and O–H groups in total. The zero-order valence-corrected chi connectivity index (χ0v) is 10.5. The van der Waals surface area contributed by atoms with E-state index in [0.717, 1.165) is 9.80 Å². The van der Waals surface area contributed by atoms with Gasteiger partial charge in [0.15, 0.2) is 0 Å². The van der Waals surface area contributed by atoms with Crippen molar-refractivity contribution in [1.82, 2.24) is 0 Å². The van der Waals surface area contributed by atoms with Crippen LogP contribution in [0.25, 0.3) is 0 Å². The van der Waals surface area contributed by atoms with Gasteiger partial charge in [0.05, 0.1) is 5.70 Å². The summed E-state index contributed by atoms with van der Waals surface area (Å²) in [5.74, 6) is 0. The molecule has 0 saturated carbocycles. The standard InChI is InChI=1S/C11H15NOS2/c1-14-11(15(2)13)10(12)8-9-6-4-3-5-7-9/h3-7H,8,12H2,1-2H3/b11-10+. The highest BCUT2D eigenvalue weighted by atomic mass is 32.3. The lowest BCUT2D eigenvalue weighted by molar-refractivity contribution is 0.608. The molecule has 1 rings (SSSR count). The highest BCUT2D eigenvalue weighted by Crippen LogP contribution is 2.22. The van der Waals surface area contributed by atoms with Gasteiger partial charge in [-0.15, -0.1) is 0 Å². The van der Waals surface area contributed by atoms with Crippen LogP contribution < -0.4 is 5.73 Å². The van der Waals surface area contributed by atoms with E-state index in [2.05, 4.69) is 0 Å². The molecule has 15 heavy (non-hydrogen) atoms. The highest BCUT2D eigenvalue weighted by molar-refractivity contribution is 8.18. The third kappa shape index (κ3) is 3.81. The Balaban J connectivity index is 2.81. The van der Waals surface area contributed by atoms with Crippen LogP contribution in [-0.4, -0.2) is 17.1 Å². The number of hydrogen-bond acceptors (Lipinski definition) is 3. The van der Waals surface area contributed by atoms with Crippen LogP contribution >= 0.6 is 11.8 Å². The Morgan fingerprint density at radius 1 is 1.40 bits per heavy atom. The molecule has 0 aliphatic rings. The third-order valence-corrected chi connectivity index (χ3v) is 4.57. The van der Waals surface area contributed by atoms with Crippen molar-refractivity contribution in [3.05, 3.63) is 45.8 Å². The van der Waals surface area contributed by atoms with Gasteiger partial charge in [-0.3, -0.25) is 0 Å². The van der Waals surface area contributed by atoms with Gasteiger partial charge in [-0.25, -0.2) is 0 Å². The molecule has 0 heterocycles. The Morgan fingerprint density at radius 2 is 2.00 bits per heavy atom. The van der Waals surface area contributed by atoms with Crippen LogP contribution in [0, 0.1) is 0 Å². The van der Waals surface area contributed by atoms with Crippen molar-refractivity contribution < 1.29 is 4.55 Å². The molecule has 0 aliphatic carbocycles. The summed E-state index contributed by atoms with van der Waals surface area (Å²) in [6.45, 7) is 0. The summed E-state index contributed by atoms with van der Waals surface area (Å²) in [7, 11) is 0. The van der Waals surface area contributed by atoms with Crippen LogP contribution in [0.3, 0.4) is 0 Å². The summed E-state index contributed by atoms with van der Waals surface area (Å²) in [6.07, 6.45) is 4.22. The zero-order valence-electron chi connectivity index (χ0n) is 8.90. The number of nitrogens with two attached hydrogens (primary N) is 1. The van der Waals surface area contributed by atoms with E-state index in [0.29, 0.717) is 12.1 Å². The molecule has 0 fully saturated rings. The van der Waals surface area contributed by atoms with Gasteiger partial charge in [-0.05, 0) is 23.0 Å². The average molecular weight is 241 g/mol. The molecule has 0 radical (unpaired) electrons. The van der Waals surface area contributed by atoms with Gasteiger partial charge < -0.3 is 10.3 Å². The molecule has 1 aromatic rings. The van der Waals surface area contributed by atoms with Crippen LogP contribution in [0.5, 0.6) is 0 Å². The van der Waals surface area contributed by atoms with Gasteiger partial charge in [-0.2, -0.15) is 0 Å². The maximum absolute atomic E-state index is 11.4. The summed E-state index contributed by atoms with van der Waals surface area (Å²) in [5, 5.41) is 0. The van der Waals surface area contributed by atoms with Gasteiger partial charge in [-0.1, -0.05) is 42.1 Å². The minimum absolute atomic E-state index is 0.663. The smallest absolute Gasteiger partial charge is 0.204 e. The first-order chi connectivity index (χ1) is 7.15. The van der Waals surface area contributed by atoms with E-state index in [9.17, 15) is 4.55 Å². The van der Waals surface area contributed by atoms with Crippen molar-refractivity contribution >= 4 is 22.9 Å². The molecule has 1 atom stereocenters. The number of hydrogen-bond donors (Lipinski definition) is 1. The number of allylic oxidation sites excluding steroid dienone is 1. The fourth-order valence-corrected chi connectivity index (χ4v) is 3.04. The van der Waals surface area contributed by atoms with Crippen molar-refractivity contribution in [3.63, 3.8) is 0 Å². The molecular weight excluding hydrogens is 226 g/mol. The molecular formula is C11H15NOS2. The minimum atomic E-state index is -0.990. The van der Waals surface area contributed by atoms with E-state index in [-0.39, 0.29) is 0 Å². The molecule has 0 spiro atoms. The maximum atomic E-state index is 11.4. The summed E-state index contributed by atoms with van der Waals surface area (Å²) in [4.78, 5) is 0. The van der Waals surface area contributed by atoms with Gasteiger partial charge in [0, 0.05) is 6.42 Å². The van der Waals surface area contributed by atoms with Crippen molar-refractivity contribution in [2.75, 3.05) is 12.5 Å². The monoisotopic (exact) mass is 241 g/mol. The van der Waals surface area contributed by atoms with E-state index in [4.69, 9.17) is 5.73 Å². The normalized spacial score (nSPS) is 14.6. The number of thioether (sulfide) groups is 1. The Hall–Kier alpha value is -0.580. The summed E-state index contributed by atoms with van der Waals surface area (Å²) < 4.78 is 12.1. The summed E-state index contributed by atoms with van der Waals surface area (Å²) in [5.41, 5.74) is 7.78. The second-order valence-electron chi connectivity index (χ2n) is 3.13. The average Bonchev–Trinajstić information content (AvgIpc) is 2.19. The second kappa shape index (κ2) is 6.10. The first-order valence-corrected chi connectivity index (χ1v) is 7.33. The van der Waals surface area contributed by atoms with Gasteiger partial charge in [0.25, 0.3) is 0 Å². The fourth-order valence-electron chi connectivity index (χ4n) is 1.32. The Kier molecular flexibility index (Phi) is 5.08. The van der Waals surface area contributed by atoms with E-state index in [1.54, 1.807) is 6.26 Å². The zero-order chi connectivity index (χ0) is 11.3. The quantitative estimate of drug-likeness (QED) is 0.821. The third-order valence-electron chi connectivity index (χ3n) is 1.95. The van der Waals surface area contributed by atoms with Crippen molar-refractivity contribution in [1.29, 1.82) is 0 Å². The first kappa shape index (κ1) is 12.5. The van der Waals surface area contributed by atoms with Crippen molar-refractivity contribution in [2.45, 2.75) is 6.42 Å². The van der Waals surface area contributed by atoms with Crippen molar-refractivity contribution in [3.8, 4) is 0 Å². The Morgan fingerprint density at radius 3 is 2.47 bits per heavy atom. The molecule has 0 aliphatic heterocycles. The molecule has 0 saturated heterocycles. The van der Waals surface area contributed by atoms with Crippen LogP contribution in [0.1, 0.15) is 5.56 Å². The molecule has 1 aromatic carbocycles. The predicted octanol–water partition coefficient (Wildman–Crippen LogP) is 2.10. The summed E-state index contributed by atoms with van der Waals surface area (Å²) >= 11 is 0.470. The molecule has 82 valence electrons. The topological polar surface area (TPSA) is 49.1 Å². The van der Waals surface area contributed by atoms with Gasteiger partial charge in [0.1, 0.15) is 6.26 Å². The highest BCUT2D eigenvalue weighted by Gasteiger charge is 2.12. The van der Waals surface area contributed by atoms with E-state index >= 15 is 0 Å². The number of rotatable bonds is 4.